The van der Waals surface area contributed by atoms with E-state index in [1.54, 1.807) is 24.3 Å². The molecule has 1 aliphatic carbocycles. The smallest absolute Gasteiger partial charge is 0.351 e. The van der Waals surface area contributed by atoms with Crippen LogP contribution in [0.1, 0.15) is 54.8 Å². The molecule has 1 atom stereocenters. The third kappa shape index (κ3) is 5.50. The maximum atomic E-state index is 13.4. The molecule has 3 rings (SSSR count). The fourth-order valence-corrected chi connectivity index (χ4v) is 3.98. The highest BCUT2D eigenvalue weighted by Gasteiger charge is 2.36. The van der Waals surface area contributed by atoms with Crippen molar-refractivity contribution in [3.8, 4) is 12.3 Å². The van der Waals surface area contributed by atoms with Crippen LogP contribution in [0.15, 0.2) is 48.5 Å². The number of alkyl halides is 3. The van der Waals surface area contributed by atoms with Crippen molar-refractivity contribution in [2.45, 2.75) is 57.3 Å². The van der Waals surface area contributed by atoms with Crippen LogP contribution in [0.4, 0.5) is 18.9 Å². The van der Waals surface area contributed by atoms with Crippen molar-refractivity contribution in [2.24, 2.45) is 0 Å². The average molecular weight is 442 g/mol. The first kappa shape index (κ1) is 23.4. The van der Waals surface area contributed by atoms with E-state index in [2.05, 4.69) is 5.32 Å². The lowest BCUT2D eigenvalue weighted by Gasteiger charge is -2.32. The van der Waals surface area contributed by atoms with Crippen molar-refractivity contribution in [3.05, 3.63) is 65.2 Å². The molecule has 0 spiro atoms. The molecule has 7 heteroatoms. The summed E-state index contributed by atoms with van der Waals surface area (Å²) in [5.74, 6) is 0.602. The second-order valence-corrected chi connectivity index (χ2v) is 8.02. The van der Waals surface area contributed by atoms with Gasteiger partial charge in [-0.15, -0.1) is 6.42 Å². The number of hydrogen-bond donors (Lipinski definition) is 1. The molecular formula is C25H25F3N2O2. The highest BCUT2D eigenvalue weighted by atomic mass is 19.4. The number of carbonyl (C=O) groups excluding carboxylic acids is 2. The Morgan fingerprint density at radius 1 is 1.09 bits per heavy atom. The van der Waals surface area contributed by atoms with Crippen molar-refractivity contribution in [1.82, 2.24) is 5.32 Å². The maximum Gasteiger partial charge on any atom is 0.416 e. The van der Waals surface area contributed by atoms with Crippen LogP contribution in [0, 0.1) is 19.3 Å². The van der Waals surface area contributed by atoms with Crippen LogP contribution in [0.25, 0.3) is 0 Å². The molecule has 0 aliphatic heterocycles. The molecule has 1 aliphatic rings. The lowest BCUT2D eigenvalue weighted by molar-refractivity contribution is -0.137. The Morgan fingerprint density at radius 2 is 1.75 bits per heavy atom. The van der Waals surface area contributed by atoms with Crippen molar-refractivity contribution < 1.29 is 22.8 Å². The molecule has 0 bridgehead atoms. The Kier molecular flexibility index (Phi) is 7.24. The molecular weight excluding hydrogens is 417 g/mol. The zero-order chi connectivity index (χ0) is 23.3. The van der Waals surface area contributed by atoms with Crippen LogP contribution in [-0.4, -0.2) is 17.9 Å². The molecule has 2 aromatic carbocycles. The molecule has 32 heavy (non-hydrogen) atoms. The van der Waals surface area contributed by atoms with Gasteiger partial charge in [-0.25, -0.2) is 0 Å². The van der Waals surface area contributed by atoms with E-state index in [0.717, 1.165) is 54.7 Å². The zero-order valence-electron chi connectivity index (χ0n) is 17.8. The molecule has 2 aromatic rings. The lowest BCUT2D eigenvalue weighted by Crippen LogP contribution is -2.47. The van der Waals surface area contributed by atoms with Gasteiger partial charge >= 0.3 is 12.1 Å². The molecule has 168 valence electrons. The van der Waals surface area contributed by atoms with E-state index in [-0.39, 0.29) is 11.7 Å². The predicted molar refractivity (Wildman–Crippen MR) is 117 cm³/mol. The second-order valence-electron chi connectivity index (χ2n) is 8.02. The summed E-state index contributed by atoms with van der Waals surface area (Å²) in [7, 11) is 0. The van der Waals surface area contributed by atoms with Crippen LogP contribution in [0.2, 0.25) is 0 Å². The number of rotatable bonds is 5. The number of nitrogens with zero attached hydrogens (tertiary/aromatic N) is 1. The normalized spacial score (nSPS) is 15.5. The summed E-state index contributed by atoms with van der Waals surface area (Å²) in [6, 6.07) is 9.96. The molecule has 0 heterocycles. The number of anilines is 1. The molecule has 4 nitrogen and oxygen atoms in total. The van der Waals surface area contributed by atoms with Gasteiger partial charge in [0, 0.05) is 11.7 Å². The Labute approximate surface area is 185 Å². The largest absolute Gasteiger partial charge is 0.416 e. The number of amides is 2. The van der Waals surface area contributed by atoms with E-state index < -0.39 is 29.6 Å². The molecule has 0 saturated heterocycles. The number of halogens is 3. The van der Waals surface area contributed by atoms with Crippen molar-refractivity contribution in [2.75, 3.05) is 4.90 Å². The van der Waals surface area contributed by atoms with Crippen LogP contribution in [0.3, 0.4) is 0 Å². The molecule has 1 fully saturated rings. The SMILES string of the molecule is C#CC(=O)N(c1cccc(C(F)(F)F)c1)C(C(=O)NC1CCCCC1)c1ccc(C)cc1. The molecule has 1 saturated carbocycles. The van der Waals surface area contributed by atoms with Crippen LogP contribution in [0.5, 0.6) is 0 Å². The van der Waals surface area contributed by atoms with Crippen LogP contribution >= 0.6 is 0 Å². The fourth-order valence-electron chi connectivity index (χ4n) is 3.98. The first-order valence-electron chi connectivity index (χ1n) is 10.5. The van der Waals surface area contributed by atoms with Gasteiger partial charge in [0.1, 0.15) is 6.04 Å². The molecule has 2 amide bonds. The number of nitrogens with one attached hydrogen (secondary N) is 1. The van der Waals surface area contributed by atoms with Gasteiger partial charge in [0.05, 0.1) is 5.56 Å². The van der Waals surface area contributed by atoms with Gasteiger partial charge in [0.25, 0.3) is 0 Å². The first-order valence-corrected chi connectivity index (χ1v) is 10.5. The first-order chi connectivity index (χ1) is 15.2. The van der Waals surface area contributed by atoms with Crippen molar-refractivity contribution in [3.63, 3.8) is 0 Å². The van der Waals surface area contributed by atoms with E-state index in [9.17, 15) is 22.8 Å². The van der Waals surface area contributed by atoms with E-state index in [1.165, 1.54) is 12.1 Å². The topological polar surface area (TPSA) is 49.4 Å². The summed E-state index contributed by atoms with van der Waals surface area (Å²) in [5, 5.41) is 2.98. The minimum Gasteiger partial charge on any atom is -0.351 e. The van der Waals surface area contributed by atoms with E-state index >= 15 is 0 Å². The minimum atomic E-state index is -4.61. The summed E-state index contributed by atoms with van der Waals surface area (Å²) in [5.41, 5.74) is 0.381. The van der Waals surface area contributed by atoms with Gasteiger partial charge in [-0.3, -0.25) is 14.5 Å². The summed E-state index contributed by atoms with van der Waals surface area (Å²) < 4.78 is 40.0. The number of aryl methyl sites for hydroxylation is 1. The summed E-state index contributed by atoms with van der Waals surface area (Å²) in [6.07, 6.45) is 5.46. The molecule has 1 unspecified atom stereocenters. The average Bonchev–Trinajstić information content (AvgIpc) is 2.78. The Morgan fingerprint density at radius 3 is 2.34 bits per heavy atom. The van der Waals surface area contributed by atoms with Crippen molar-refractivity contribution >= 4 is 17.5 Å². The van der Waals surface area contributed by atoms with Gasteiger partial charge in [-0.2, -0.15) is 13.2 Å². The predicted octanol–water partition coefficient (Wildman–Crippen LogP) is 5.17. The quantitative estimate of drug-likeness (QED) is 0.650. The fraction of sp³-hybridized carbons (Fsp3) is 0.360. The second kappa shape index (κ2) is 9.90. The summed E-state index contributed by atoms with van der Waals surface area (Å²) in [4.78, 5) is 27.2. The number of terminal acetylenes is 1. The summed E-state index contributed by atoms with van der Waals surface area (Å²) >= 11 is 0. The van der Waals surface area contributed by atoms with Crippen molar-refractivity contribution in [1.29, 1.82) is 0 Å². The number of hydrogen-bond acceptors (Lipinski definition) is 2. The van der Waals surface area contributed by atoms with Gasteiger partial charge < -0.3 is 5.32 Å². The van der Waals surface area contributed by atoms with Gasteiger partial charge in [-0.05, 0) is 49.4 Å². The van der Waals surface area contributed by atoms with E-state index in [4.69, 9.17) is 6.42 Å². The molecule has 0 aromatic heterocycles. The van der Waals surface area contributed by atoms with Gasteiger partial charge in [0.15, 0.2) is 0 Å². The summed E-state index contributed by atoms with van der Waals surface area (Å²) in [6.45, 7) is 1.87. The number of benzene rings is 2. The molecule has 0 radical (unpaired) electrons. The Hall–Kier alpha value is -3.27. The Bertz CT molecular complexity index is 1000. The highest BCUT2D eigenvalue weighted by molar-refractivity contribution is 6.09. The standard InChI is InChI=1S/C25H25F3N2O2/c1-3-22(31)30(21-11-7-8-19(16-21)25(26,27)28)23(18-14-12-17(2)13-15-18)24(32)29-20-9-5-4-6-10-20/h1,7-8,11-16,20,23H,4-6,9-10H2,2H3,(H,29,32). The zero-order valence-corrected chi connectivity index (χ0v) is 17.8. The third-order valence-electron chi connectivity index (χ3n) is 5.65. The number of carbonyl (C=O) groups is 2. The lowest BCUT2D eigenvalue weighted by atomic mass is 9.94. The van der Waals surface area contributed by atoms with Gasteiger partial charge in [-0.1, -0.05) is 55.2 Å². The van der Waals surface area contributed by atoms with Gasteiger partial charge in [0.2, 0.25) is 5.91 Å². The molecule has 1 N–H and O–H groups in total. The van der Waals surface area contributed by atoms with E-state index in [1.807, 2.05) is 12.8 Å². The van der Waals surface area contributed by atoms with Crippen LogP contribution in [-0.2, 0) is 15.8 Å². The van der Waals surface area contributed by atoms with Crippen LogP contribution < -0.4 is 10.2 Å². The van der Waals surface area contributed by atoms with E-state index in [0.29, 0.717) is 5.56 Å². The minimum absolute atomic E-state index is 0.0477. The Balaban J connectivity index is 2.07. The monoisotopic (exact) mass is 442 g/mol. The maximum absolute atomic E-state index is 13.4. The third-order valence-corrected chi connectivity index (χ3v) is 5.65. The highest BCUT2D eigenvalue weighted by Crippen LogP contribution is 2.35.